The minimum Gasteiger partial charge on any atom is -0.480 e. The Morgan fingerprint density at radius 1 is 1.23 bits per heavy atom. The third kappa shape index (κ3) is 8.09. The maximum Gasteiger partial charge on any atom is 0.414 e. The fourth-order valence-corrected chi connectivity index (χ4v) is 4.12. The van der Waals surface area contributed by atoms with Gasteiger partial charge in [0, 0.05) is 50.7 Å². The number of likely N-dealkylation sites (N-methyl/N-ethyl adjacent to an activating group) is 1. The number of aldehydes is 1. The summed E-state index contributed by atoms with van der Waals surface area (Å²) in [5, 5.41) is 5.71. The van der Waals surface area contributed by atoms with Gasteiger partial charge >= 0.3 is 6.09 Å². The van der Waals surface area contributed by atoms with Gasteiger partial charge in [0.05, 0.1) is 38.1 Å². The molecule has 1 aromatic carbocycles. The van der Waals surface area contributed by atoms with E-state index in [0.29, 0.717) is 50.6 Å². The Bertz CT molecular complexity index is 1160. The lowest BCUT2D eigenvalue weighted by molar-refractivity contribution is -0.130. The highest BCUT2D eigenvalue weighted by Crippen LogP contribution is 2.31. The Morgan fingerprint density at radius 2 is 1.93 bits per heavy atom. The average Bonchev–Trinajstić information content (AvgIpc) is 3.33. The summed E-state index contributed by atoms with van der Waals surface area (Å²) in [5.41, 5.74) is 0.295. The number of carbonyl (C=O) groups excluding carboxylic acids is 3. The molecular weight excluding hydrogens is 528 g/mol. The first-order valence-corrected chi connectivity index (χ1v) is 12.7. The highest BCUT2D eigenvalue weighted by atomic mass is 19.1. The van der Waals surface area contributed by atoms with Crippen LogP contribution in [-0.4, -0.2) is 98.7 Å². The third-order valence-electron chi connectivity index (χ3n) is 6.01. The van der Waals surface area contributed by atoms with E-state index in [1.54, 1.807) is 16.8 Å². The SMILES string of the molecule is C=C(NCC1CN(c2cc(F)c(N3CCN(C(=O)CNC)CC3)c(F)c2)C(=O)O1)OCC.O=Cc1cnccn1. The standard InChI is InChI=1S/C21H29F2N5O4.C5H4N2O/c1-4-31-14(2)25-11-16-13-28(21(30)32-16)15-9-17(22)20(18(23)10-15)27-7-5-26(6-8-27)19(29)12-24-3;8-4-5-3-6-1-2-7-5/h9-10,16,24-25H,2,4-8,11-13H2,1,3H3;1-4H. The average molecular weight is 562 g/mol. The Kier molecular flexibility index (Phi) is 11.1. The van der Waals surface area contributed by atoms with Crippen LogP contribution >= 0.6 is 0 Å². The van der Waals surface area contributed by atoms with Crippen LogP contribution in [0, 0.1) is 11.6 Å². The zero-order chi connectivity index (χ0) is 29.1. The molecule has 0 bridgehead atoms. The number of benzene rings is 1. The number of nitrogens with zero attached hydrogens (tertiary/aromatic N) is 5. The lowest BCUT2D eigenvalue weighted by atomic mass is 10.2. The fourth-order valence-electron chi connectivity index (χ4n) is 4.12. The third-order valence-corrected chi connectivity index (χ3v) is 6.01. The van der Waals surface area contributed by atoms with Crippen LogP contribution in [-0.2, 0) is 14.3 Å². The highest BCUT2D eigenvalue weighted by molar-refractivity contribution is 5.90. The number of hydrogen-bond donors (Lipinski definition) is 2. The van der Waals surface area contributed by atoms with E-state index in [1.165, 1.54) is 23.5 Å². The predicted octanol–water partition coefficient (Wildman–Crippen LogP) is 1.54. The number of cyclic esters (lactones) is 1. The Morgan fingerprint density at radius 3 is 2.48 bits per heavy atom. The monoisotopic (exact) mass is 561 g/mol. The molecule has 2 aliphatic rings. The van der Waals surface area contributed by atoms with Gasteiger partial charge in [0.25, 0.3) is 0 Å². The van der Waals surface area contributed by atoms with Crippen LogP contribution in [0.2, 0.25) is 0 Å². The van der Waals surface area contributed by atoms with Gasteiger partial charge in [-0.15, -0.1) is 0 Å². The number of anilines is 2. The summed E-state index contributed by atoms with van der Waals surface area (Å²) in [6.45, 7) is 7.96. The van der Waals surface area contributed by atoms with Gasteiger partial charge in [-0.25, -0.2) is 13.6 Å². The Hall–Kier alpha value is -4.33. The molecule has 2 saturated heterocycles. The van der Waals surface area contributed by atoms with Gasteiger partial charge in [-0.3, -0.25) is 24.5 Å². The lowest BCUT2D eigenvalue weighted by Gasteiger charge is -2.36. The normalized spacial score (nSPS) is 16.6. The van der Waals surface area contributed by atoms with E-state index in [9.17, 15) is 23.2 Å². The molecule has 0 saturated carbocycles. The summed E-state index contributed by atoms with van der Waals surface area (Å²) in [4.78, 5) is 45.9. The van der Waals surface area contributed by atoms with Crippen LogP contribution < -0.4 is 20.4 Å². The minimum absolute atomic E-state index is 0.0511. The molecule has 40 heavy (non-hydrogen) atoms. The molecule has 1 unspecified atom stereocenters. The van der Waals surface area contributed by atoms with Crippen molar-refractivity contribution in [3.63, 3.8) is 0 Å². The van der Waals surface area contributed by atoms with E-state index in [0.717, 1.165) is 12.1 Å². The molecule has 0 radical (unpaired) electrons. The molecule has 0 spiro atoms. The quantitative estimate of drug-likeness (QED) is 0.326. The van der Waals surface area contributed by atoms with Gasteiger partial charge in [0.1, 0.15) is 17.5 Å². The van der Waals surface area contributed by atoms with Gasteiger partial charge in [0.15, 0.2) is 23.8 Å². The molecule has 14 heteroatoms. The molecular formula is C26H33F2N7O5. The molecule has 3 heterocycles. The van der Waals surface area contributed by atoms with E-state index in [2.05, 4.69) is 27.2 Å². The smallest absolute Gasteiger partial charge is 0.414 e. The molecule has 0 aliphatic carbocycles. The summed E-state index contributed by atoms with van der Waals surface area (Å²) in [5.74, 6) is -1.23. The van der Waals surface area contributed by atoms with Crippen LogP contribution in [0.5, 0.6) is 0 Å². The van der Waals surface area contributed by atoms with Crippen LogP contribution in [0.1, 0.15) is 17.4 Å². The number of carbonyl (C=O) groups is 3. The molecule has 2 amide bonds. The molecule has 12 nitrogen and oxygen atoms in total. The maximum atomic E-state index is 14.9. The van der Waals surface area contributed by atoms with Crippen molar-refractivity contribution in [1.29, 1.82) is 0 Å². The van der Waals surface area contributed by atoms with Crippen molar-refractivity contribution in [3.05, 3.63) is 60.5 Å². The topological polar surface area (TPSA) is 129 Å². The van der Waals surface area contributed by atoms with Crippen molar-refractivity contribution in [2.24, 2.45) is 0 Å². The number of nitrogens with one attached hydrogen (secondary N) is 2. The lowest BCUT2D eigenvalue weighted by Crippen LogP contribution is -2.51. The first-order valence-electron chi connectivity index (χ1n) is 12.7. The van der Waals surface area contributed by atoms with E-state index < -0.39 is 23.8 Å². The fraction of sp³-hybridized carbons (Fsp3) is 0.423. The van der Waals surface area contributed by atoms with E-state index in [1.807, 2.05) is 6.92 Å². The van der Waals surface area contributed by atoms with Crippen molar-refractivity contribution in [2.45, 2.75) is 13.0 Å². The minimum atomic E-state index is -0.769. The van der Waals surface area contributed by atoms with Crippen LogP contribution in [0.15, 0.2) is 43.2 Å². The number of amides is 2. The van der Waals surface area contributed by atoms with Crippen molar-refractivity contribution < 1.29 is 32.6 Å². The second-order valence-corrected chi connectivity index (χ2v) is 8.76. The second-order valence-electron chi connectivity index (χ2n) is 8.76. The molecule has 1 aromatic heterocycles. The molecule has 4 rings (SSSR count). The molecule has 2 fully saturated rings. The first-order chi connectivity index (χ1) is 19.3. The highest BCUT2D eigenvalue weighted by Gasteiger charge is 2.34. The molecule has 2 N–H and O–H groups in total. The van der Waals surface area contributed by atoms with E-state index in [4.69, 9.17) is 9.47 Å². The first kappa shape index (κ1) is 30.2. The van der Waals surface area contributed by atoms with Gasteiger partial charge in [0.2, 0.25) is 5.91 Å². The van der Waals surface area contributed by atoms with Crippen molar-refractivity contribution in [2.75, 3.05) is 69.3 Å². The Balaban J connectivity index is 0.000000472. The molecule has 2 aliphatic heterocycles. The van der Waals surface area contributed by atoms with Gasteiger partial charge in [-0.05, 0) is 20.6 Å². The van der Waals surface area contributed by atoms with E-state index >= 15 is 0 Å². The van der Waals surface area contributed by atoms with Crippen molar-refractivity contribution in [3.8, 4) is 0 Å². The van der Waals surface area contributed by atoms with Crippen molar-refractivity contribution in [1.82, 2.24) is 25.5 Å². The summed E-state index contributed by atoms with van der Waals surface area (Å²) in [7, 11) is 1.69. The number of rotatable bonds is 10. The summed E-state index contributed by atoms with van der Waals surface area (Å²) >= 11 is 0. The van der Waals surface area contributed by atoms with Crippen LogP contribution in [0.3, 0.4) is 0 Å². The van der Waals surface area contributed by atoms with Crippen LogP contribution in [0.4, 0.5) is 25.0 Å². The number of hydrogen-bond acceptors (Lipinski definition) is 10. The zero-order valence-corrected chi connectivity index (χ0v) is 22.4. The van der Waals surface area contributed by atoms with Crippen molar-refractivity contribution >= 4 is 29.7 Å². The number of piperazine rings is 1. The number of halogens is 2. The maximum absolute atomic E-state index is 14.9. The number of ether oxygens (including phenoxy) is 2. The molecule has 216 valence electrons. The molecule has 2 aromatic rings. The van der Waals surface area contributed by atoms with Gasteiger partial charge in [-0.2, -0.15) is 0 Å². The largest absolute Gasteiger partial charge is 0.480 e. The van der Waals surface area contributed by atoms with Crippen LogP contribution in [0.25, 0.3) is 0 Å². The van der Waals surface area contributed by atoms with Gasteiger partial charge in [-0.1, -0.05) is 0 Å². The summed E-state index contributed by atoms with van der Waals surface area (Å²) in [6, 6.07) is 2.26. The molecule has 1 atom stereocenters. The van der Waals surface area contributed by atoms with Gasteiger partial charge < -0.3 is 29.9 Å². The predicted molar refractivity (Wildman–Crippen MR) is 143 cm³/mol. The summed E-state index contributed by atoms with van der Waals surface area (Å²) in [6.07, 6.45) is 3.87. The zero-order valence-electron chi connectivity index (χ0n) is 22.4. The second kappa shape index (κ2) is 14.7. The summed E-state index contributed by atoms with van der Waals surface area (Å²) < 4.78 is 40.2. The Labute approximate surface area is 230 Å². The van der Waals surface area contributed by atoms with E-state index in [-0.39, 0.29) is 36.9 Å². The number of aromatic nitrogens is 2.